The SMILES string of the molecule is Cc1ccc(SC2=CCCC[C@@H]2O)cc1. The van der Waals surface area contributed by atoms with Crippen molar-refractivity contribution in [1.29, 1.82) is 0 Å². The molecule has 0 aliphatic heterocycles. The summed E-state index contributed by atoms with van der Waals surface area (Å²) in [4.78, 5) is 2.33. The highest BCUT2D eigenvalue weighted by Crippen LogP contribution is 2.33. The summed E-state index contributed by atoms with van der Waals surface area (Å²) in [7, 11) is 0. The van der Waals surface area contributed by atoms with Crippen molar-refractivity contribution >= 4 is 11.8 Å². The molecule has 1 aromatic carbocycles. The number of benzene rings is 1. The zero-order valence-electron chi connectivity index (χ0n) is 8.94. The molecule has 0 heterocycles. The Hall–Kier alpha value is -0.730. The Morgan fingerprint density at radius 3 is 2.67 bits per heavy atom. The normalized spacial score (nSPS) is 21.2. The highest BCUT2D eigenvalue weighted by Gasteiger charge is 2.15. The number of hydrogen-bond acceptors (Lipinski definition) is 2. The van der Waals surface area contributed by atoms with E-state index in [4.69, 9.17) is 0 Å². The molecule has 1 aliphatic carbocycles. The van der Waals surface area contributed by atoms with E-state index in [9.17, 15) is 5.11 Å². The van der Waals surface area contributed by atoms with Gasteiger partial charge >= 0.3 is 0 Å². The van der Waals surface area contributed by atoms with Gasteiger partial charge < -0.3 is 5.11 Å². The molecule has 0 fully saturated rings. The third kappa shape index (κ3) is 2.86. The van der Waals surface area contributed by atoms with Gasteiger partial charge in [0.15, 0.2) is 0 Å². The molecule has 1 atom stereocenters. The molecular weight excluding hydrogens is 204 g/mol. The van der Waals surface area contributed by atoms with Gasteiger partial charge in [-0.15, -0.1) is 0 Å². The van der Waals surface area contributed by atoms with Crippen molar-refractivity contribution in [1.82, 2.24) is 0 Å². The van der Waals surface area contributed by atoms with Crippen molar-refractivity contribution in [3.05, 3.63) is 40.8 Å². The van der Waals surface area contributed by atoms with Crippen LogP contribution in [0.15, 0.2) is 40.1 Å². The number of allylic oxidation sites excluding steroid dienone is 1. The minimum absolute atomic E-state index is 0.245. The summed E-state index contributed by atoms with van der Waals surface area (Å²) in [5.41, 5.74) is 1.28. The number of aliphatic hydroxyl groups excluding tert-OH is 1. The van der Waals surface area contributed by atoms with Gasteiger partial charge in [-0.05, 0) is 38.3 Å². The molecule has 0 spiro atoms. The largest absolute Gasteiger partial charge is 0.388 e. The minimum atomic E-state index is -0.245. The number of aliphatic hydroxyl groups is 1. The molecule has 0 aromatic heterocycles. The van der Waals surface area contributed by atoms with Crippen LogP contribution in [0.5, 0.6) is 0 Å². The Balaban J connectivity index is 2.08. The fourth-order valence-corrected chi connectivity index (χ4v) is 2.69. The molecule has 1 aliphatic rings. The number of hydrogen-bond donors (Lipinski definition) is 1. The molecule has 15 heavy (non-hydrogen) atoms. The lowest BCUT2D eigenvalue weighted by Crippen LogP contribution is -2.11. The lowest BCUT2D eigenvalue weighted by atomic mass is 10.1. The van der Waals surface area contributed by atoms with Gasteiger partial charge in [-0.25, -0.2) is 0 Å². The summed E-state index contributed by atoms with van der Waals surface area (Å²) in [6.45, 7) is 2.09. The molecule has 0 amide bonds. The first-order valence-corrected chi connectivity index (χ1v) is 6.20. The zero-order valence-corrected chi connectivity index (χ0v) is 9.76. The van der Waals surface area contributed by atoms with Gasteiger partial charge in [-0.2, -0.15) is 0 Å². The maximum absolute atomic E-state index is 9.80. The second-order valence-corrected chi connectivity index (χ2v) is 5.12. The molecule has 1 nitrogen and oxygen atoms in total. The van der Waals surface area contributed by atoms with Crippen LogP contribution in [0.2, 0.25) is 0 Å². The van der Waals surface area contributed by atoms with E-state index in [1.54, 1.807) is 11.8 Å². The van der Waals surface area contributed by atoms with Gasteiger partial charge in [0.1, 0.15) is 0 Å². The van der Waals surface area contributed by atoms with Gasteiger partial charge in [0, 0.05) is 9.80 Å². The lowest BCUT2D eigenvalue weighted by molar-refractivity contribution is 0.200. The van der Waals surface area contributed by atoms with E-state index >= 15 is 0 Å². The van der Waals surface area contributed by atoms with Crippen molar-refractivity contribution in [2.24, 2.45) is 0 Å². The molecule has 1 N–H and O–H groups in total. The van der Waals surface area contributed by atoms with Gasteiger partial charge in [0.2, 0.25) is 0 Å². The topological polar surface area (TPSA) is 20.2 Å². The molecule has 0 unspecified atom stereocenters. The van der Waals surface area contributed by atoms with E-state index in [1.807, 2.05) is 0 Å². The Morgan fingerprint density at radius 1 is 1.27 bits per heavy atom. The fourth-order valence-electron chi connectivity index (χ4n) is 1.69. The standard InChI is InChI=1S/C13H16OS/c1-10-6-8-11(9-7-10)15-13-5-3-2-4-12(13)14/h5-9,12,14H,2-4H2,1H3/t12-/m0/s1. The maximum Gasteiger partial charge on any atom is 0.0848 e. The van der Waals surface area contributed by atoms with E-state index in [2.05, 4.69) is 37.3 Å². The van der Waals surface area contributed by atoms with Crippen LogP contribution in [-0.2, 0) is 0 Å². The lowest BCUT2D eigenvalue weighted by Gasteiger charge is -2.18. The average Bonchev–Trinajstić information content (AvgIpc) is 2.25. The van der Waals surface area contributed by atoms with Gasteiger partial charge in [0.05, 0.1) is 6.10 Å². The Morgan fingerprint density at radius 2 is 2.00 bits per heavy atom. The zero-order chi connectivity index (χ0) is 10.7. The molecule has 0 radical (unpaired) electrons. The number of thioether (sulfide) groups is 1. The second kappa shape index (κ2) is 4.86. The molecule has 0 saturated heterocycles. The van der Waals surface area contributed by atoms with Gasteiger partial charge in [-0.3, -0.25) is 0 Å². The molecule has 2 heteroatoms. The van der Waals surface area contributed by atoms with E-state index in [-0.39, 0.29) is 6.10 Å². The minimum Gasteiger partial charge on any atom is -0.388 e. The molecule has 80 valence electrons. The molecule has 2 rings (SSSR count). The monoisotopic (exact) mass is 220 g/mol. The third-order valence-electron chi connectivity index (χ3n) is 2.61. The van der Waals surface area contributed by atoms with Crippen molar-refractivity contribution in [2.45, 2.75) is 37.2 Å². The second-order valence-electron chi connectivity index (χ2n) is 3.97. The maximum atomic E-state index is 9.80. The average molecular weight is 220 g/mol. The quantitative estimate of drug-likeness (QED) is 0.823. The van der Waals surface area contributed by atoms with Gasteiger partial charge in [-0.1, -0.05) is 35.5 Å². The first-order valence-electron chi connectivity index (χ1n) is 5.38. The van der Waals surface area contributed by atoms with Crippen molar-refractivity contribution < 1.29 is 5.11 Å². The molecule has 0 saturated carbocycles. The Kier molecular flexibility index (Phi) is 3.49. The predicted molar refractivity (Wildman–Crippen MR) is 65.0 cm³/mol. The van der Waals surface area contributed by atoms with E-state index < -0.39 is 0 Å². The summed E-state index contributed by atoms with van der Waals surface area (Å²) >= 11 is 1.69. The van der Waals surface area contributed by atoms with Crippen LogP contribution >= 0.6 is 11.8 Å². The summed E-state index contributed by atoms with van der Waals surface area (Å²) in [6.07, 6.45) is 5.04. The number of aryl methyl sites for hydroxylation is 1. The van der Waals surface area contributed by atoms with Crippen molar-refractivity contribution in [3.8, 4) is 0 Å². The van der Waals surface area contributed by atoms with Crippen LogP contribution in [0.1, 0.15) is 24.8 Å². The van der Waals surface area contributed by atoms with Crippen LogP contribution in [0, 0.1) is 6.92 Å². The summed E-state index contributed by atoms with van der Waals surface area (Å²) in [5.74, 6) is 0. The number of rotatable bonds is 2. The Bertz CT molecular complexity index is 353. The van der Waals surface area contributed by atoms with Gasteiger partial charge in [0.25, 0.3) is 0 Å². The third-order valence-corrected chi connectivity index (χ3v) is 3.79. The van der Waals surface area contributed by atoms with E-state index in [0.717, 1.165) is 24.2 Å². The van der Waals surface area contributed by atoms with Crippen LogP contribution in [0.3, 0.4) is 0 Å². The predicted octanol–water partition coefficient (Wildman–Crippen LogP) is 3.52. The summed E-state index contributed by atoms with van der Waals surface area (Å²) < 4.78 is 0. The Labute approximate surface area is 95.2 Å². The first-order chi connectivity index (χ1) is 7.25. The van der Waals surface area contributed by atoms with E-state index in [0.29, 0.717) is 0 Å². The van der Waals surface area contributed by atoms with Crippen LogP contribution in [0.25, 0.3) is 0 Å². The van der Waals surface area contributed by atoms with Crippen molar-refractivity contribution in [3.63, 3.8) is 0 Å². The smallest absolute Gasteiger partial charge is 0.0848 e. The fraction of sp³-hybridized carbons (Fsp3) is 0.385. The highest BCUT2D eigenvalue weighted by molar-refractivity contribution is 8.03. The van der Waals surface area contributed by atoms with Crippen LogP contribution < -0.4 is 0 Å². The summed E-state index contributed by atoms with van der Waals surface area (Å²) in [6, 6.07) is 8.44. The highest BCUT2D eigenvalue weighted by atomic mass is 32.2. The molecular formula is C13H16OS. The first kappa shape index (κ1) is 10.8. The van der Waals surface area contributed by atoms with E-state index in [1.165, 1.54) is 10.5 Å². The van der Waals surface area contributed by atoms with Crippen LogP contribution in [-0.4, -0.2) is 11.2 Å². The summed E-state index contributed by atoms with van der Waals surface area (Å²) in [5, 5.41) is 9.80. The molecule has 0 bridgehead atoms. The van der Waals surface area contributed by atoms with Crippen molar-refractivity contribution in [2.75, 3.05) is 0 Å². The van der Waals surface area contributed by atoms with Crippen LogP contribution in [0.4, 0.5) is 0 Å². The molecule has 1 aromatic rings.